The van der Waals surface area contributed by atoms with Gasteiger partial charge in [0.2, 0.25) is 5.91 Å². The van der Waals surface area contributed by atoms with Crippen LogP contribution in [0.2, 0.25) is 0 Å². The molecule has 1 amide bonds. The number of ether oxygens (including phenoxy) is 1. The third-order valence-electron chi connectivity index (χ3n) is 5.00. The number of benzene rings is 1. The smallest absolute Gasteiger partial charge is 0.244 e. The molecule has 1 aromatic heterocycles. The van der Waals surface area contributed by atoms with Crippen molar-refractivity contribution in [3.05, 3.63) is 30.6 Å². The fourth-order valence-electron chi connectivity index (χ4n) is 3.78. The fraction of sp³-hybridized carbons (Fsp3) is 0.500. The molecule has 2 fully saturated rings. The highest BCUT2D eigenvalue weighted by atomic mass is 16.5. The van der Waals surface area contributed by atoms with E-state index in [1.54, 1.807) is 12.4 Å². The monoisotopic (exact) mass is 326 g/mol. The van der Waals surface area contributed by atoms with Gasteiger partial charge < -0.3 is 10.1 Å². The van der Waals surface area contributed by atoms with Crippen LogP contribution >= 0.6 is 0 Å². The van der Waals surface area contributed by atoms with Crippen molar-refractivity contribution in [2.24, 2.45) is 0 Å². The third-order valence-corrected chi connectivity index (χ3v) is 5.00. The minimum Gasteiger partial charge on any atom is -0.378 e. The Morgan fingerprint density at radius 3 is 2.79 bits per heavy atom. The van der Waals surface area contributed by atoms with E-state index in [2.05, 4.69) is 20.2 Å². The molecule has 1 aliphatic heterocycles. The van der Waals surface area contributed by atoms with Crippen LogP contribution in [0.5, 0.6) is 0 Å². The molecule has 2 aliphatic rings. The van der Waals surface area contributed by atoms with Crippen molar-refractivity contribution in [2.45, 2.75) is 37.8 Å². The number of morpholine rings is 1. The zero-order valence-corrected chi connectivity index (χ0v) is 13.6. The summed E-state index contributed by atoms with van der Waals surface area (Å²) >= 11 is 0. The van der Waals surface area contributed by atoms with Crippen LogP contribution in [0.1, 0.15) is 25.7 Å². The molecular weight excluding hydrogens is 304 g/mol. The van der Waals surface area contributed by atoms with Crippen molar-refractivity contribution in [1.82, 2.24) is 14.9 Å². The highest BCUT2D eigenvalue weighted by Gasteiger charge is 2.35. The van der Waals surface area contributed by atoms with Gasteiger partial charge in [-0.1, -0.05) is 12.8 Å². The summed E-state index contributed by atoms with van der Waals surface area (Å²) in [5, 5.41) is 3.03. The molecule has 1 unspecified atom stereocenters. The first kappa shape index (κ1) is 15.5. The second kappa shape index (κ2) is 6.83. The molecule has 0 spiro atoms. The fourth-order valence-corrected chi connectivity index (χ4v) is 3.78. The number of hydrogen-bond donors (Lipinski definition) is 1. The molecule has 6 nitrogen and oxygen atoms in total. The lowest BCUT2D eigenvalue weighted by atomic mass is 10.1. The Kier molecular flexibility index (Phi) is 4.40. The number of fused-ring (bicyclic) bond motifs is 1. The largest absolute Gasteiger partial charge is 0.378 e. The minimum absolute atomic E-state index is 0.00448. The normalized spacial score (nSPS) is 22.8. The van der Waals surface area contributed by atoms with E-state index >= 15 is 0 Å². The number of carbonyl (C=O) groups is 1. The summed E-state index contributed by atoms with van der Waals surface area (Å²) in [5.41, 5.74) is 2.36. The van der Waals surface area contributed by atoms with Crippen molar-refractivity contribution < 1.29 is 9.53 Å². The molecule has 0 bridgehead atoms. The summed E-state index contributed by atoms with van der Waals surface area (Å²) < 4.78 is 5.58. The molecule has 1 aromatic carbocycles. The standard InChI is InChI=1S/C18H22N4O2/c23-18(17-12-24-10-9-22(17)14-3-1-2-4-14)21-13-5-6-15-16(11-13)20-8-7-19-15/h5-8,11,14,17H,1-4,9-10,12H2,(H,21,23). The van der Waals surface area contributed by atoms with Crippen molar-refractivity contribution in [1.29, 1.82) is 0 Å². The highest BCUT2D eigenvalue weighted by molar-refractivity contribution is 5.96. The molecule has 24 heavy (non-hydrogen) atoms. The van der Waals surface area contributed by atoms with Crippen LogP contribution in [0.15, 0.2) is 30.6 Å². The van der Waals surface area contributed by atoms with Crippen LogP contribution in [0.4, 0.5) is 5.69 Å². The van der Waals surface area contributed by atoms with E-state index in [1.807, 2.05) is 18.2 Å². The Morgan fingerprint density at radius 1 is 1.17 bits per heavy atom. The summed E-state index contributed by atoms with van der Waals surface area (Å²) in [4.78, 5) is 23.7. The van der Waals surface area contributed by atoms with E-state index < -0.39 is 0 Å². The van der Waals surface area contributed by atoms with Gasteiger partial charge in [-0.05, 0) is 31.0 Å². The molecule has 6 heteroatoms. The number of anilines is 1. The predicted molar refractivity (Wildman–Crippen MR) is 91.7 cm³/mol. The Morgan fingerprint density at radius 2 is 1.96 bits per heavy atom. The molecule has 2 heterocycles. The second-order valence-corrected chi connectivity index (χ2v) is 6.52. The quantitative estimate of drug-likeness (QED) is 0.937. The van der Waals surface area contributed by atoms with E-state index in [1.165, 1.54) is 25.7 Å². The number of rotatable bonds is 3. The average molecular weight is 326 g/mol. The summed E-state index contributed by atoms with van der Waals surface area (Å²) in [6.45, 7) is 2.02. The van der Waals surface area contributed by atoms with Gasteiger partial charge in [0.1, 0.15) is 6.04 Å². The maximum Gasteiger partial charge on any atom is 0.244 e. The van der Waals surface area contributed by atoms with Crippen molar-refractivity contribution in [3.8, 4) is 0 Å². The lowest BCUT2D eigenvalue weighted by Gasteiger charge is -2.38. The van der Waals surface area contributed by atoms with Crippen LogP contribution < -0.4 is 5.32 Å². The van der Waals surface area contributed by atoms with Crippen molar-refractivity contribution in [3.63, 3.8) is 0 Å². The number of carbonyl (C=O) groups excluding carboxylic acids is 1. The van der Waals surface area contributed by atoms with Crippen molar-refractivity contribution >= 4 is 22.6 Å². The number of nitrogens with one attached hydrogen (secondary N) is 1. The summed E-state index contributed by atoms with van der Waals surface area (Å²) in [6, 6.07) is 5.93. The number of hydrogen-bond acceptors (Lipinski definition) is 5. The molecule has 1 saturated heterocycles. The molecule has 0 radical (unpaired) electrons. The minimum atomic E-state index is -0.209. The van der Waals surface area contributed by atoms with Gasteiger partial charge in [-0.2, -0.15) is 0 Å². The van der Waals surface area contributed by atoms with E-state index in [-0.39, 0.29) is 11.9 Å². The highest BCUT2D eigenvalue weighted by Crippen LogP contribution is 2.27. The van der Waals surface area contributed by atoms with Gasteiger partial charge in [0, 0.05) is 30.7 Å². The van der Waals surface area contributed by atoms with Gasteiger partial charge in [-0.15, -0.1) is 0 Å². The Balaban J connectivity index is 1.50. The lowest BCUT2D eigenvalue weighted by Crippen LogP contribution is -2.55. The van der Waals surface area contributed by atoms with Gasteiger partial charge in [0.15, 0.2) is 0 Å². The van der Waals surface area contributed by atoms with E-state index in [0.717, 1.165) is 23.3 Å². The maximum atomic E-state index is 12.8. The Labute approximate surface area is 141 Å². The first-order valence-corrected chi connectivity index (χ1v) is 8.66. The molecule has 1 saturated carbocycles. The van der Waals surface area contributed by atoms with Gasteiger partial charge in [-0.3, -0.25) is 19.7 Å². The second-order valence-electron chi connectivity index (χ2n) is 6.52. The molecule has 2 aromatic rings. The molecule has 126 valence electrons. The molecule has 1 N–H and O–H groups in total. The third kappa shape index (κ3) is 3.12. The van der Waals surface area contributed by atoms with Crippen LogP contribution in [0.25, 0.3) is 11.0 Å². The summed E-state index contributed by atoms with van der Waals surface area (Å²) in [6.07, 6.45) is 8.23. The Bertz CT molecular complexity index is 730. The van der Waals surface area contributed by atoms with Crippen LogP contribution in [0.3, 0.4) is 0 Å². The van der Waals surface area contributed by atoms with Gasteiger partial charge in [0.25, 0.3) is 0 Å². The molecule has 4 rings (SSSR count). The van der Waals surface area contributed by atoms with E-state index in [9.17, 15) is 4.79 Å². The number of aromatic nitrogens is 2. The van der Waals surface area contributed by atoms with Crippen molar-refractivity contribution in [2.75, 3.05) is 25.1 Å². The number of amides is 1. The van der Waals surface area contributed by atoms with Crippen LogP contribution in [-0.2, 0) is 9.53 Å². The van der Waals surface area contributed by atoms with E-state index in [0.29, 0.717) is 19.3 Å². The lowest BCUT2D eigenvalue weighted by molar-refractivity contribution is -0.129. The first-order chi connectivity index (χ1) is 11.8. The maximum absolute atomic E-state index is 12.8. The van der Waals surface area contributed by atoms with Crippen LogP contribution in [0, 0.1) is 0 Å². The topological polar surface area (TPSA) is 67.3 Å². The molecule has 1 aliphatic carbocycles. The zero-order valence-electron chi connectivity index (χ0n) is 13.6. The van der Waals surface area contributed by atoms with Gasteiger partial charge in [0.05, 0.1) is 24.2 Å². The Hall–Kier alpha value is -2.05. The van der Waals surface area contributed by atoms with Gasteiger partial charge >= 0.3 is 0 Å². The van der Waals surface area contributed by atoms with E-state index in [4.69, 9.17) is 4.74 Å². The SMILES string of the molecule is O=C(Nc1ccc2nccnc2c1)C1COCCN1C1CCCC1. The zero-order chi connectivity index (χ0) is 16.4. The molecule has 1 atom stereocenters. The number of nitrogens with zero attached hydrogens (tertiary/aromatic N) is 3. The summed E-state index contributed by atoms with van der Waals surface area (Å²) in [7, 11) is 0. The first-order valence-electron chi connectivity index (χ1n) is 8.66. The molecular formula is C18H22N4O2. The van der Waals surface area contributed by atoms with Crippen LogP contribution in [-0.4, -0.2) is 52.6 Å². The summed E-state index contributed by atoms with van der Waals surface area (Å²) in [5.74, 6) is 0.00448. The average Bonchev–Trinajstić information content (AvgIpc) is 3.16. The van der Waals surface area contributed by atoms with Gasteiger partial charge in [-0.25, -0.2) is 0 Å². The predicted octanol–water partition coefficient (Wildman–Crippen LogP) is 2.21.